The molecule has 1 aromatic heterocycles. The molecule has 1 aromatic rings. The van der Waals surface area contributed by atoms with Crippen molar-refractivity contribution < 1.29 is 27.9 Å². The summed E-state index contributed by atoms with van der Waals surface area (Å²) in [6.45, 7) is -0.327. The number of carbonyl (C=O) groups excluding carboxylic acids is 2. The highest BCUT2D eigenvalue weighted by Crippen LogP contribution is 2.16. The van der Waals surface area contributed by atoms with Crippen LogP contribution in [0.4, 0.5) is 9.59 Å². The molecule has 124 valence electrons. The van der Waals surface area contributed by atoms with Crippen molar-refractivity contribution in [2.45, 2.75) is 6.04 Å². The van der Waals surface area contributed by atoms with Gasteiger partial charge in [0.1, 0.15) is 0 Å². The molecule has 0 aliphatic carbocycles. The molecule has 2 rings (SSSR count). The van der Waals surface area contributed by atoms with Crippen LogP contribution in [0.3, 0.4) is 0 Å². The van der Waals surface area contributed by atoms with Crippen LogP contribution in [0.2, 0.25) is 0 Å². The van der Waals surface area contributed by atoms with Crippen molar-refractivity contribution in [2.24, 2.45) is 0 Å². The maximum atomic E-state index is 12.1. The molecule has 10 nitrogen and oxygen atoms in total. The molecular weight excluding hydrogens is 328 g/mol. The number of carboxylic acid groups (broad SMARTS) is 1. The summed E-state index contributed by atoms with van der Waals surface area (Å²) in [6, 6.07) is -0.446. The number of nitrogens with one attached hydrogen (secondary N) is 1. The van der Waals surface area contributed by atoms with Gasteiger partial charge in [-0.15, -0.1) is 0 Å². The van der Waals surface area contributed by atoms with Gasteiger partial charge in [0.05, 0.1) is 19.3 Å². The first kappa shape index (κ1) is 16.7. The molecule has 2 N–H and O–H groups in total. The fourth-order valence-corrected chi connectivity index (χ4v) is 2.84. The lowest BCUT2D eigenvalue weighted by atomic mass is 10.1. The second kappa shape index (κ2) is 6.20. The second-order valence-electron chi connectivity index (χ2n) is 4.78. The van der Waals surface area contributed by atoms with Crippen LogP contribution in [0.25, 0.3) is 0 Å². The summed E-state index contributed by atoms with van der Waals surface area (Å²) in [6.07, 6.45) is 3.56. The van der Waals surface area contributed by atoms with Gasteiger partial charge in [-0.05, 0) is 6.07 Å². The van der Waals surface area contributed by atoms with Crippen LogP contribution < -0.4 is 5.32 Å². The van der Waals surface area contributed by atoms with Gasteiger partial charge in [0, 0.05) is 18.0 Å². The van der Waals surface area contributed by atoms with Crippen molar-refractivity contribution in [2.75, 3.05) is 19.3 Å². The molecule has 11 heteroatoms. The Balaban J connectivity index is 2.15. The van der Waals surface area contributed by atoms with Gasteiger partial charge in [-0.2, -0.15) is 0 Å². The van der Waals surface area contributed by atoms with E-state index < -0.39 is 34.1 Å². The molecule has 4 amide bonds. The highest BCUT2D eigenvalue weighted by molar-refractivity contribution is 7.88. The summed E-state index contributed by atoms with van der Waals surface area (Å²) in [5.41, 5.74) is 0.222. The molecule has 1 aliphatic rings. The second-order valence-corrected chi connectivity index (χ2v) is 6.68. The Kier molecular flexibility index (Phi) is 4.50. The Labute approximate surface area is 131 Å². The third-order valence-electron chi connectivity index (χ3n) is 3.15. The smallest absolute Gasteiger partial charge is 0.341 e. The van der Waals surface area contributed by atoms with Gasteiger partial charge in [0.15, 0.2) is 6.04 Å². The Morgan fingerprint density at radius 2 is 2.09 bits per heavy atom. The number of urea groups is 2. The van der Waals surface area contributed by atoms with E-state index in [9.17, 15) is 27.9 Å². The first-order chi connectivity index (χ1) is 10.7. The maximum Gasteiger partial charge on any atom is 0.341 e. The molecule has 0 bridgehead atoms. The number of pyridine rings is 1. The SMILES string of the molecule is CS(=O)(=O)N1CCN(C(=O)NC(C(=O)O)c2cccnc2)C1=O. The van der Waals surface area contributed by atoms with E-state index in [1.807, 2.05) is 0 Å². The zero-order valence-electron chi connectivity index (χ0n) is 12.0. The van der Waals surface area contributed by atoms with Gasteiger partial charge in [-0.1, -0.05) is 6.07 Å². The van der Waals surface area contributed by atoms with Crippen molar-refractivity contribution in [3.8, 4) is 0 Å². The molecule has 0 aromatic carbocycles. The van der Waals surface area contributed by atoms with Crippen LogP contribution >= 0.6 is 0 Å². The summed E-state index contributed by atoms with van der Waals surface area (Å²) in [7, 11) is -3.78. The van der Waals surface area contributed by atoms with Gasteiger partial charge in [-0.3, -0.25) is 4.98 Å². The molecular formula is C12H14N4O6S. The zero-order valence-corrected chi connectivity index (χ0v) is 12.9. The number of aliphatic carboxylic acids is 1. The van der Waals surface area contributed by atoms with E-state index in [2.05, 4.69) is 10.3 Å². The number of aromatic nitrogens is 1. The summed E-state index contributed by atoms with van der Waals surface area (Å²) >= 11 is 0. The lowest BCUT2D eigenvalue weighted by Gasteiger charge is -2.19. The van der Waals surface area contributed by atoms with Crippen LogP contribution in [0, 0.1) is 0 Å². The first-order valence-corrected chi connectivity index (χ1v) is 8.29. The fraction of sp³-hybridized carbons (Fsp3) is 0.333. The average Bonchev–Trinajstić information content (AvgIpc) is 2.87. The molecule has 1 aliphatic heterocycles. The number of carbonyl (C=O) groups is 3. The number of hydrogen-bond acceptors (Lipinski definition) is 6. The average molecular weight is 342 g/mol. The van der Waals surface area contributed by atoms with Crippen LogP contribution in [-0.4, -0.2) is 65.1 Å². The maximum absolute atomic E-state index is 12.1. The minimum atomic E-state index is -3.78. The predicted molar refractivity (Wildman–Crippen MR) is 76.8 cm³/mol. The number of carboxylic acids is 1. The van der Waals surface area contributed by atoms with Crippen LogP contribution in [0.15, 0.2) is 24.5 Å². The lowest BCUT2D eigenvalue weighted by Crippen LogP contribution is -2.46. The molecule has 1 unspecified atom stereocenters. The van der Waals surface area contributed by atoms with Crippen LogP contribution in [0.5, 0.6) is 0 Å². The highest BCUT2D eigenvalue weighted by atomic mass is 32.2. The Bertz CT molecular complexity index is 735. The Morgan fingerprint density at radius 3 is 2.57 bits per heavy atom. The fourth-order valence-electron chi connectivity index (χ4n) is 2.05. The molecule has 0 saturated carbocycles. The monoisotopic (exact) mass is 342 g/mol. The Hall–Kier alpha value is -2.69. The third-order valence-corrected chi connectivity index (χ3v) is 4.29. The van der Waals surface area contributed by atoms with Crippen molar-refractivity contribution in [3.05, 3.63) is 30.1 Å². The van der Waals surface area contributed by atoms with E-state index in [4.69, 9.17) is 0 Å². The molecule has 0 spiro atoms. The number of rotatable bonds is 4. The lowest BCUT2D eigenvalue weighted by molar-refractivity contribution is -0.139. The topological polar surface area (TPSA) is 137 Å². The summed E-state index contributed by atoms with van der Waals surface area (Å²) in [5.74, 6) is -1.34. The van der Waals surface area contributed by atoms with E-state index in [0.29, 0.717) is 9.21 Å². The van der Waals surface area contributed by atoms with Crippen molar-refractivity contribution in [3.63, 3.8) is 0 Å². The first-order valence-electron chi connectivity index (χ1n) is 6.44. The number of sulfonamides is 1. The number of nitrogens with zero attached hydrogens (tertiary/aromatic N) is 3. The van der Waals surface area contributed by atoms with Gasteiger partial charge >= 0.3 is 18.0 Å². The molecule has 2 heterocycles. The summed E-state index contributed by atoms with van der Waals surface area (Å²) < 4.78 is 23.4. The molecule has 23 heavy (non-hydrogen) atoms. The minimum Gasteiger partial charge on any atom is -0.479 e. The molecule has 1 atom stereocenters. The van der Waals surface area contributed by atoms with E-state index in [1.54, 1.807) is 0 Å². The normalized spacial score (nSPS) is 16.3. The van der Waals surface area contributed by atoms with Crippen molar-refractivity contribution in [1.82, 2.24) is 19.5 Å². The predicted octanol–water partition coefficient (Wildman–Crippen LogP) is -0.386. The van der Waals surface area contributed by atoms with Crippen LogP contribution in [-0.2, 0) is 14.8 Å². The minimum absolute atomic E-state index is 0.156. The van der Waals surface area contributed by atoms with E-state index in [0.717, 1.165) is 6.26 Å². The standard InChI is InChI=1S/C12H14N4O6S/c1-23(21,22)16-6-5-15(12(16)20)11(19)14-9(10(17)18)8-3-2-4-13-7-8/h2-4,7,9H,5-6H2,1H3,(H,14,19)(H,17,18). The number of hydrogen-bond donors (Lipinski definition) is 2. The molecule has 0 radical (unpaired) electrons. The van der Waals surface area contributed by atoms with Crippen molar-refractivity contribution in [1.29, 1.82) is 0 Å². The van der Waals surface area contributed by atoms with Gasteiger partial charge in [-0.25, -0.2) is 32.0 Å². The van der Waals surface area contributed by atoms with Gasteiger partial charge < -0.3 is 10.4 Å². The Morgan fingerprint density at radius 1 is 1.39 bits per heavy atom. The van der Waals surface area contributed by atoms with E-state index in [-0.39, 0.29) is 18.7 Å². The van der Waals surface area contributed by atoms with Gasteiger partial charge in [0.2, 0.25) is 10.0 Å². The quantitative estimate of drug-likeness (QED) is 0.760. The van der Waals surface area contributed by atoms with Gasteiger partial charge in [0.25, 0.3) is 0 Å². The van der Waals surface area contributed by atoms with Crippen molar-refractivity contribution >= 4 is 28.1 Å². The van der Waals surface area contributed by atoms with E-state index >= 15 is 0 Å². The largest absolute Gasteiger partial charge is 0.479 e. The highest BCUT2D eigenvalue weighted by Gasteiger charge is 2.39. The zero-order chi connectivity index (χ0) is 17.2. The number of imide groups is 1. The van der Waals surface area contributed by atoms with Crippen LogP contribution in [0.1, 0.15) is 11.6 Å². The third kappa shape index (κ3) is 3.56. The molecule has 1 fully saturated rings. The number of amides is 4. The summed E-state index contributed by atoms with van der Waals surface area (Å²) in [4.78, 5) is 39.8. The summed E-state index contributed by atoms with van der Waals surface area (Å²) in [5, 5.41) is 11.4. The molecule has 1 saturated heterocycles. The van der Waals surface area contributed by atoms with E-state index in [1.165, 1.54) is 24.5 Å².